The molecular formula is C21H21ClN2O4S. The van der Waals surface area contributed by atoms with E-state index >= 15 is 0 Å². The molecule has 6 nitrogen and oxygen atoms in total. The summed E-state index contributed by atoms with van der Waals surface area (Å²) in [5, 5.41) is 3.24. The molecule has 0 saturated heterocycles. The van der Waals surface area contributed by atoms with E-state index in [1.165, 1.54) is 30.5 Å². The quantitative estimate of drug-likeness (QED) is 0.563. The molecule has 0 unspecified atom stereocenters. The summed E-state index contributed by atoms with van der Waals surface area (Å²) in [4.78, 5) is 12.5. The molecule has 152 valence electrons. The van der Waals surface area contributed by atoms with Gasteiger partial charge in [-0.1, -0.05) is 41.4 Å². The van der Waals surface area contributed by atoms with Crippen LogP contribution in [0.5, 0.6) is 0 Å². The molecule has 0 bridgehead atoms. The first-order chi connectivity index (χ1) is 13.8. The Kier molecular flexibility index (Phi) is 6.74. The van der Waals surface area contributed by atoms with Crippen molar-refractivity contribution in [2.24, 2.45) is 0 Å². The standard InChI is InChI=1S/C21H21ClN2O4S/c1-15-4-6-16(7-5-15)14-23-21(25)13-19(20-3-2-12-28-20)24-29(26,27)18-10-8-17(22)9-11-18/h2-12,19,24H,13-14H2,1H3,(H,23,25)/t19-/m0/s1. The molecular weight excluding hydrogens is 412 g/mol. The summed E-state index contributed by atoms with van der Waals surface area (Å²) < 4.78 is 33.3. The van der Waals surface area contributed by atoms with Crippen LogP contribution in [-0.4, -0.2) is 14.3 Å². The molecule has 0 aliphatic carbocycles. The zero-order valence-corrected chi connectivity index (χ0v) is 17.3. The molecule has 1 atom stereocenters. The Balaban J connectivity index is 1.69. The highest BCUT2D eigenvalue weighted by Gasteiger charge is 2.25. The number of sulfonamides is 1. The minimum absolute atomic E-state index is 0.0542. The van der Waals surface area contributed by atoms with E-state index in [1.807, 2.05) is 31.2 Å². The first kappa shape index (κ1) is 21.1. The van der Waals surface area contributed by atoms with E-state index in [1.54, 1.807) is 12.1 Å². The maximum Gasteiger partial charge on any atom is 0.241 e. The van der Waals surface area contributed by atoms with Crippen molar-refractivity contribution >= 4 is 27.5 Å². The van der Waals surface area contributed by atoms with Gasteiger partial charge in [0.25, 0.3) is 0 Å². The van der Waals surface area contributed by atoms with Gasteiger partial charge in [-0.25, -0.2) is 8.42 Å². The van der Waals surface area contributed by atoms with Crippen molar-refractivity contribution in [1.82, 2.24) is 10.0 Å². The van der Waals surface area contributed by atoms with Crippen molar-refractivity contribution in [1.29, 1.82) is 0 Å². The highest BCUT2D eigenvalue weighted by Crippen LogP contribution is 2.22. The first-order valence-corrected chi connectivity index (χ1v) is 10.8. The zero-order chi connectivity index (χ0) is 20.9. The van der Waals surface area contributed by atoms with Gasteiger partial charge in [-0.15, -0.1) is 0 Å². The van der Waals surface area contributed by atoms with Crippen LogP contribution in [0.3, 0.4) is 0 Å². The van der Waals surface area contributed by atoms with Crippen LogP contribution in [0, 0.1) is 6.92 Å². The molecule has 8 heteroatoms. The second-order valence-electron chi connectivity index (χ2n) is 6.61. The van der Waals surface area contributed by atoms with Crippen molar-refractivity contribution in [3.05, 3.63) is 88.8 Å². The molecule has 0 aliphatic heterocycles. The molecule has 0 aliphatic rings. The van der Waals surface area contributed by atoms with E-state index in [0.717, 1.165) is 11.1 Å². The Morgan fingerprint density at radius 3 is 2.38 bits per heavy atom. The number of halogens is 1. The number of nitrogens with one attached hydrogen (secondary N) is 2. The molecule has 1 amide bonds. The van der Waals surface area contributed by atoms with Crippen LogP contribution in [0.25, 0.3) is 0 Å². The smallest absolute Gasteiger partial charge is 0.241 e. The van der Waals surface area contributed by atoms with Gasteiger partial charge in [0.1, 0.15) is 5.76 Å². The molecule has 1 heterocycles. The van der Waals surface area contributed by atoms with Crippen LogP contribution in [0.1, 0.15) is 29.3 Å². The Bertz CT molecular complexity index is 1050. The lowest BCUT2D eigenvalue weighted by molar-refractivity contribution is -0.121. The van der Waals surface area contributed by atoms with Gasteiger partial charge in [-0.3, -0.25) is 4.79 Å². The topological polar surface area (TPSA) is 88.4 Å². The third kappa shape index (κ3) is 5.93. The van der Waals surface area contributed by atoms with Gasteiger partial charge in [-0.05, 0) is 48.9 Å². The molecule has 0 saturated carbocycles. The summed E-state index contributed by atoms with van der Waals surface area (Å²) in [6.07, 6.45) is 1.33. The van der Waals surface area contributed by atoms with E-state index in [9.17, 15) is 13.2 Å². The highest BCUT2D eigenvalue weighted by atomic mass is 35.5. The second kappa shape index (κ2) is 9.26. The second-order valence-corrected chi connectivity index (χ2v) is 8.76. The van der Waals surface area contributed by atoms with Crippen LogP contribution in [0.15, 0.2) is 76.2 Å². The molecule has 29 heavy (non-hydrogen) atoms. The number of carbonyl (C=O) groups is 1. The van der Waals surface area contributed by atoms with E-state index in [0.29, 0.717) is 17.3 Å². The van der Waals surface area contributed by atoms with Crippen molar-refractivity contribution in [2.45, 2.75) is 30.8 Å². The van der Waals surface area contributed by atoms with Crippen LogP contribution < -0.4 is 10.0 Å². The molecule has 0 spiro atoms. The number of carbonyl (C=O) groups excluding carboxylic acids is 1. The van der Waals surface area contributed by atoms with Crippen molar-refractivity contribution in [3.63, 3.8) is 0 Å². The first-order valence-electron chi connectivity index (χ1n) is 8.97. The Labute approximate surface area is 174 Å². The van der Waals surface area contributed by atoms with Crippen LogP contribution in [0.2, 0.25) is 5.02 Å². The number of amides is 1. The van der Waals surface area contributed by atoms with Gasteiger partial charge in [-0.2, -0.15) is 4.72 Å². The normalized spacial score (nSPS) is 12.5. The summed E-state index contributed by atoms with van der Waals surface area (Å²) >= 11 is 5.83. The molecule has 1 aromatic heterocycles. The maximum absolute atomic E-state index is 12.7. The monoisotopic (exact) mass is 432 g/mol. The average molecular weight is 433 g/mol. The number of furan rings is 1. The minimum atomic E-state index is -3.87. The fourth-order valence-electron chi connectivity index (χ4n) is 2.72. The lowest BCUT2D eigenvalue weighted by Gasteiger charge is -2.17. The van der Waals surface area contributed by atoms with Crippen LogP contribution >= 0.6 is 11.6 Å². The van der Waals surface area contributed by atoms with Crippen LogP contribution in [-0.2, 0) is 21.4 Å². The number of benzene rings is 2. The SMILES string of the molecule is Cc1ccc(CNC(=O)C[C@H](NS(=O)(=O)c2ccc(Cl)cc2)c2ccco2)cc1. The van der Waals surface area contributed by atoms with Gasteiger partial charge < -0.3 is 9.73 Å². The van der Waals surface area contributed by atoms with E-state index in [-0.39, 0.29) is 17.2 Å². The highest BCUT2D eigenvalue weighted by molar-refractivity contribution is 7.89. The van der Waals surface area contributed by atoms with E-state index < -0.39 is 16.1 Å². The van der Waals surface area contributed by atoms with Gasteiger partial charge in [0.2, 0.25) is 15.9 Å². The van der Waals surface area contributed by atoms with E-state index in [4.69, 9.17) is 16.0 Å². The Hall–Kier alpha value is -2.61. The van der Waals surface area contributed by atoms with Gasteiger partial charge in [0.15, 0.2) is 0 Å². The average Bonchev–Trinajstić information content (AvgIpc) is 3.22. The fourth-order valence-corrected chi connectivity index (χ4v) is 4.05. The predicted molar refractivity (Wildman–Crippen MR) is 111 cm³/mol. The molecule has 0 fully saturated rings. The van der Waals surface area contributed by atoms with Crippen molar-refractivity contribution in [2.75, 3.05) is 0 Å². The molecule has 2 aromatic carbocycles. The summed E-state index contributed by atoms with van der Waals surface area (Å²) in [6.45, 7) is 2.34. The molecule has 3 rings (SSSR count). The fraction of sp³-hybridized carbons (Fsp3) is 0.190. The van der Waals surface area contributed by atoms with E-state index in [2.05, 4.69) is 10.0 Å². The van der Waals surface area contributed by atoms with Gasteiger partial charge in [0, 0.05) is 11.6 Å². The van der Waals surface area contributed by atoms with Crippen molar-refractivity contribution in [3.8, 4) is 0 Å². The zero-order valence-electron chi connectivity index (χ0n) is 15.8. The minimum Gasteiger partial charge on any atom is -0.468 e. The van der Waals surface area contributed by atoms with Gasteiger partial charge in [0.05, 0.1) is 23.6 Å². The predicted octanol–water partition coefficient (Wildman–Crippen LogP) is 3.97. The summed E-state index contributed by atoms with van der Waals surface area (Å²) in [5.41, 5.74) is 2.09. The lowest BCUT2D eigenvalue weighted by Crippen LogP contribution is -2.33. The Morgan fingerprint density at radius 2 is 1.76 bits per heavy atom. The largest absolute Gasteiger partial charge is 0.468 e. The summed E-state index contributed by atoms with van der Waals surface area (Å²) in [5.74, 6) is 0.0544. The third-order valence-corrected chi connectivity index (χ3v) is 6.05. The lowest BCUT2D eigenvalue weighted by atomic mass is 10.1. The summed E-state index contributed by atoms with van der Waals surface area (Å²) in [6, 6.07) is 16.0. The van der Waals surface area contributed by atoms with Crippen LogP contribution in [0.4, 0.5) is 0 Å². The molecule has 2 N–H and O–H groups in total. The Morgan fingerprint density at radius 1 is 1.07 bits per heavy atom. The number of aryl methyl sites for hydroxylation is 1. The van der Waals surface area contributed by atoms with Crippen molar-refractivity contribution < 1.29 is 17.6 Å². The summed E-state index contributed by atoms with van der Waals surface area (Å²) in [7, 11) is -3.87. The molecule has 0 radical (unpaired) electrons. The van der Waals surface area contributed by atoms with Gasteiger partial charge >= 0.3 is 0 Å². The third-order valence-electron chi connectivity index (χ3n) is 4.31. The molecule has 3 aromatic rings. The number of hydrogen-bond donors (Lipinski definition) is 2. The number of hydrogen-bond acceptors (Lipinski definition) is 4. The number of rotatable bonds is 8. The maximum atomic E-state index is 12.7.